The van der Waals surface area contributed by atoms with Crippen LogP contribution in [-0.2, 0) is 6.54 Å². The van der Waals surface area contributed by atoms with Gasteiger partial charge in [-0.3, -0.25) is 4.79 Å². The summed E-state index contributed by atoms with van der Waals surface area (Å²) < 4.78 is 25.7. The average molecular weight is 383 g/mol. The van der Waals surface area contributed by atoms with E-state index >= 15 is 0 Å². The van der Waals surface area contributed by atoms with Gasteiger partial charge in [0.15, 0.2) is 0 Å². The first kappa shape index (κ1) is 19.4. The Labute approximate surface area is 162 Å². The number of hydrogen-bond acceptors (Lipinski definition) is 5. The van der Waals surface area contributed by atoms with Gasteiger partial charge in [-0.05, 0) is 54.8 Å². The zero-order valence-corrected chi connectivity index (χ0v) is 16.2. The van der Waals surface area contributed by atoms with E-state index in [1.54, 1.807) is 30.0 Å². The number of benzene rings is 2. The number of ether oxygens (including phenoxy) is 2. The molecule has 0 bridgehead atoms. The predicted octanol–water partition coefficient (Wildman–Crippen LogP) is 3.81. The van der Waals surface area contributed by atoms with E-state index in [1.165, 1.54) is 19.2 Å². The maximum Gasteiger partial charge on any atom is 0.316 e. The van der Waals surface area contributed by atoms with E-state index in [4.69, 9.17) is 9.47 Å². The number of methoxy groups -OCH3 is 2. The van der Waals surface area contributed by atoms with E-state index in [9.17, 15) is 9.18 Å². The summed E-state index contributed by atoms with van der Waals surface area (Å²) in [6, 6.07) is 10.1. The Hall–Kier alpha value is -3.35. The number of rotatable bonds is 6. The second-order valence-electron chi connectivity index (χ2n) is 6.46. The van der Waals surface area contributed by atoms with E-state index in [0.29, 0.717) is 12.5 Å². The van der Waals surface area contributed by atoms with Crippen LogP contribution in [0.4, 0.5) is 16.0 Å². The van der Waals surface area contributed by atoms with Gasteiger partial charge in [0, 0.05) is 5.69 Å². The summed E-state index contributed by atoms with van der Waals surface area (Å²) in [5, 5.41) is 3.21. The molecular weight excluding hydrogens is 361 g/mol. The van der Waals surface area contributed by atoms with Crippen molar-refractivity contribution < 1.29 is 13.9 Å². The maximum atomic E-state index is 13.6. The normalized spacial score (nSPS) is 10.6. The zero-order chi connectivity index (χ0) is 20.3. The van der Waals surface area contributed by atoms with Crippen molar-refractivity contribution in [2.24, 2.45) is 0 Å². The Morgan fingerprint density at radius 1 is 1.07 bits per heavy atom. The molecule has 0 amide bonds. The van der Waals surface area contributed by atoms with Crippen LogP contribution in [0.3, 0.4) is 0 Å². The van der Waals surface area contributed by atoms with Crippen molar-refractivity contribution in [1.29, 1.82) is 0 Å². The number of nitrogens with zero attached hydrogens (tertiary/aromatic N) is 2. The van der Waals surface area contributed by atoms with Gasteiger partial charge in [-0.15, -0.1) is 0 Å². The Morgan fingerprint density at radius 3 is 2.50 bits per heavy atom. The summed E-state index contributed by atoms with van der Waals surface area (Å²) in [4.78, 5) is 16.3. The highest BCUT2D eigenvalue weighted by Gasteiger charge is 2.12. The van der Waals surface area contributed by atoms with Gasteiger partial charge in [0.1, 0.15) is 11.6 Å². The molecule has 0 aliphatic heterocycles. The van der Waals surface area contributed by atoms with Gasteiger partial charge in [0.25, 0.3) is 0 Å². The molecule has 2 aromatic carbocycles. The number of anilines is 2. The van der Waals surface area contributed by atoms with Crippen LogP contribution in [0.25, 0.3) is 0 Å². The van der Waals surface area contributed by atoms with Gasteiger partial charge in [-0.2, -0.15) is 4.98 Å². The van der Waals surface area contributed by atoms with Gasteiger partial charge in [0.05, 0.1) is 27.0 Å². The van der Waals surface area contributed by atoms with Gasteiger partial charge >= 0.3 is 5.56 Å². The van der Waals surface area contributed by atoms with Crippen LogP contribution in [0.5, 0.6) is 11.5 Å². The molecule has 1 heterocycles. The Morgan fingerprint density at radius 2 is 1.82 bits per heavy atom. The molecule has 6 nitrogen and oxygen atoms in total. The van der Waals surface area contributed by atoms with Crippen LogP contribution in [0.1, 0.15) is 16.7 Å². The lowest BCUT2D eigenvalue weighted by atomic mass is 10.1. The topological polar surface area (TPSA) is 65.4 Å². The lowest BCUT2D eigenvalue weighted by Gasteiger charge is -2.17. The smallest absolute Gasteiger partial charge is 0.316 e. The largest absolute Gasteiger partial charge is 0.496 e. The minimum atomic E-state index is -0.483. The van der Waals surface area contributed by atoms with E-state index in [2.05, 4.69) is 10.3 Å². The monoisotopic (exact) mass is 383 g/mol. The Bertz CT molecular complexity index is 1060. The molecule has 0 spiro atoms. The third-order valence-corrected chi connectivity index (χ3v) is 4.41. The molecule has 0 saturated carbocycles. The highest BCUT2D eigenvalue weighted by Crippen LogP contribution is 2.28. The molecule has 0 aliphatic carbocycles. The predicted molar refractivity (Wildman–Crippen MR) is 106 cm³/mol. The molecule has 3 rings (SSSR count). The number of halogens is 1. The van der Waals surface area contributed by atoms with Crippen LogP contribution in [0.15, 0.2) is 47.4 Å². The fraction of sp³-hybridized carbons (Fsp3) is 0.238. The van der Waals surface area contributed by atoms with E-state index < -0.39 is 5.56 Å². The van der Waals surface area contributed by atoms with Gasteiger partial charge < -0.3 is 19.4 Å². The Kier molecular flexibility index (Phi) is 5.63. The number of nitrogens with one attached hydrogen (secondary N) is 1. The standard InChI is InChI=1S/C21H22FN3O3/c1-13-9-18(27-3)14(2)8-17(13)23-21-24-20(26)19(28-4)12-25(21)11-15-6-5-7-16(22)10-15/h5-10,12H,11H2,1-4H3,(H,23,24,26). The van der Waals surface area contributed by atoms with Gasteiger partial charge in [-0.25, -0.2) is 4.39 Å². The first-order valence-corrected chi connectivity index (χ1v) is 8.73. The molecule has 3 aromatic rings. The molecule has 0 aliphatic rings. The highest BCUT2D eigenvalue weighted by atomic mass is 19.1. The number of aryl methyl sites for hydroxylation is 2. The molecular formula is C21H22FN3O3. The third-order valence-electron chi connectivity index (χ3n) is 4.41. The molecule has 0 radical (unpaired) electrons. The lowest BCUT2D eigenvalue weighted by molar-refractivity contribution is 0.402. The summed E-state index contributed by atoms with van der Waals surface area (Å²) in [5.74, 6) is 0.907. The first-order valence-electron chi connectivity index (χ1n) is 8.73. The summed E-state index contributed by atoms with van der Waals surface area (Å²) in [6.45, 7) is 4.19. The highest BCUT2D eigenvalue weighted by molar-refractivity contribution is 5.62. The fourth-order valence-corrected chi connectivity index (χ4v) is 2.93. The quantitative estimate of drug-likeness (QED) is 0.701. The summed E-state index contributed by atoms with van der Waals surface area (Å²) >= 11 is 0. The minimum absolute atomic E-state index is 0.115. The fourth-order valence-electron chi connectivity index (χ4n) is 2.93. The van der Waals surface area contributed by atoms with Crippen molar-refractivity contribution in [3.8, 4) is 11.5 Å². The van der Waals surface area contributed by atoms with Crippen LogP contribution >= 0.6 is 0 Å². The van der Waals surface area contributed by atoms with Crippen LogP contribution in [0.2, 0.25) is 0 Å². The summed E-state index contributed by atoms with van der Waals surface area (Å²) in [6.07, 6.45) is 1.56. The van der Waals surface area contributed by atoms with Crippen molar-refractivity contribution in [2.75, 3.05) is 19.5 Å². The maximum absolute atomic E-state index is 13.6. The number of hydrogen-bond donors (Lipinski definition) is 1. The van der Waals surface area contributed by atoms with Crippen molar-refractivity contribution in [2.45, 2.75) is 20.4 Å². The number of aromatic nitrogens is 2. The average Bonchev–Trinajstić information content (AvgIpc) is 2.66. The molecule has 0 fully saturated rings. The molecule has 28 heavy (non-hydrogen) atoms. The molecule has 1 aromatic heterocycles. The Balaban J connectivity index is 2.03. The van der Waals surface area contributed by atoms with Gasteiger partial charge in [-0.1, -0.05) is 12.1 Å². The summed E-state index contributed by atoms with van der Waals surface area (Å²) in [7, 11) is 3.03. The van der Waals surface area contributed by atoms with Crippen LogP contribution in [-0.4, -0.2) is 23.8 Å². The second kappa shape index (κ2) is 8.12. The minimum Gasteiger partial charge on any atom is -0.496 e. The van der Waals surface area contributed by atoms with Crippen molar-refractivity contribution in [3.05, 3.63) is 75.5 Å². The SMILES string of the molecule is COc1cc(C)c(Nc2nc(=O)c(OC)cn2Cc2cccc(F)c2)cc1C. The molecule has 146 valence electrons. The molecule has 0 unspecified atom stereocenters. The van der Waals surface area contributed by atoms with E-state index in [0.717, 1.165) is 28.1 Å². The van der Waals surface area contributed by atoms with Crippen LogP contribution in [0, 0.1) is 19.7 Å². The second-order valence-corrected chi connectivity index (χ2v) is 6.46. The zero-order valence-electron chi connectivity index (χ0n) is 16.2. The third kappa shape index (κ3) is 4.14. The van der Waals surface area contributed by atoms with Crippen molar-refractivity contribution >= 4 is 11.6 Å². The van der Waals surface area contributed by atoms with Crippen molar-refractivity contribution in [3.63, 3.8) is 0 Å². The summed E-state index contributed by atoms with van der Waals surface area (Å²) in [5.41, 5.74) is 2.93. The van der Waals surface area contributed by atoms with Gasteiger partial charge in [0.2, 0.25) is 11.7 Å². The van der Waals surface area contributed by atoms with E-state index in [1.807, 2.05) is 26.0 Å². The lowest BCUT2D eigenvalue weighted by Crippen LogP contribution is -2.19. The molecule has 0 atom stereocenters. The molecule has 0 saturated heterocycles. The first-order chi connectivity index (χ1) is 13.4. The van der Waals surface area contributed by atoms with Crippen molar-refractivity contribution in [1.82, 2.24) is 9.55 Å². The molecule has 7 heteroatoms. The molecule has 1 N–H and O–H groups in total. The van der Waals surface area contributed by atoms with E-state index in [-0.39, 0.29) is 11.6 Å². The van der Waals surface area contributed by atoms with Crippen LogP contribution < -0.4 is 20.3 Å².